The molecule has 0 unspecified atom stereocenters. The molecule has 0 saturated heterocycles. The van der Waals surface area contributed by atoms with Crippen LogP contribution in [0.15, 0.2) is 30.6 Å². The van der Waals surface area contributed by atoms with Crippen LogP contribution in [0.3, 0.4) is 0 Å². The highest BCUT2D eigenvalue weighted by Gasteiger charge is 2.22. The van der Waals surface area contributed by atoms with Gasteiger partial charge in [-0.3, -0.25) is 4.98 Å². The van der Waals surface area contributed by atoms with Crippen LogP contribution in [0.4, 0.5) is 11.8 Å². The Balaban J connectivity index is 1.94. The summed E-state index contributed by atoms with van der Waals surface area (Å²) in [6, 6.07) is 6.76. The zero-order valence-corrected chi connectivity index (χ0v) is 11.8. The molecule has 0 bridgehead atoms. The van der Waals surface area contributed by atoms with Crippen LogP contribution in [0.5, 0.6) is 0 Å². The van der Waals surface area contributed by atoms with Crippen molar-refractivity contribution in [2.45, 2.75) is 38.8 Å². The second-order valence-electron chi connectivity index (χ2n) is 5.42. The second kappa shape index (κ2) is 5.45. The van der Waals surface area contributed by atoms with Gasteiger partial charge in [0.15, 0.2) is 0 Å². The van der Waals surface area contributed by atoms with E-state index in [4.69, 9.17) is 0 Å². The number of nitrogens with one attached hydrogen (secondary N) is 2. The van der Waals surface area contributed by atoms with Gasteiger partial charge in [0.05, 0.1) is 5.69 Å². The monoisotopic (exact) mass is 269 g/mol. The maximum Gasteiger partial charge on any atom is 0.225 e. The lowest BCUT2D eigenvalue weighted by Gasteiger charge is -2.12. The Bertz CT molecular complexity index is 556. The maximum atomic E-state index is 4.59. The minimum atomic E-state index is 0.334. The van der Waals surface area contributed by atoms with Crippen molar-refractivity contribution in [3.8, 4) is 11.3 Å². The molecular weight excluding hydrogens is 250 g/mol. The smallest absolute Gasteiger partial charge is 0.225 e. The molecule has 1 aliphatic carbocycles. The van der Waals surface area contributed by atoms with Crippen molar-refractivity contribution in [2.24, 2.45) is 0 Å². The third kappa shape index (κ3) is 3.23. The molecule has 1 fully saturated rings. The van der Waals surface area contributed by atoms with E-state index < -0.39 is 0 Å². The van der Waals surface area contributed by atoms with Crippen LogP contribution in [0.1, 0.15) is 26.7 Å². The molecule has 2 aromatic heterocycles. The summed E-state index contributed by atoms with van der Waals surface area (Å²) in [6.45, 7) is 4.19. The molecule has 0 amide bonds. The minimum Gasteiger partial charge on any atom is -0.368 e. The standard InChI is InChI=1S/C15H19N5/c1-10(2)17-14-8-13(11-4-3-7-16-9-11)19-15(20-14)18-12-5-6-12/h3-4,7-10,12H,5-6H2,1-2H3,(H2,17,18,19,20). The van der Waals surface area contributed by atoms with E-state index in [1.807, 2.05) is 24.4 Å². The summed E-state index contributed by atoms with van der Waals surface area (Å²) in [6.07, 6.45) is 5.99. The molecule has 104 valence electrons. The first-order valence-electron chi connectivity index (χ1n) is 7.03. The number of rotatable bonds is 5. The fourth-order valence-corrected chi connectivity index (χ4v) is 1.95. The van der Waals surface area contributed by atoms with Gasteiger partial charge in [-0.2, -0.15) is 4.98 Å². The molecule has 2 N–H and O–H groups in total. The van der Waals surface area contributed by atoms with E-state index in [-0.39, 0.29) is 0 Å². The molecule has 3 rings (SSSR count). The molecule has 2 heterocycles. The molecule has 0 radical (unpaired) electrons. The first kappa shape index (κ1) is 12.8. The lowest BCUT2D eigenvalue weighted by Crippen LogP contribution is -2.13. The predicted octanol–water partition coefficient (Wildman–Crippen LogP) is 2.93. The Morgan fingerprint density at radius 2 is 2.10 bits per heavy atom. The average molecular weight is 269 g/mol. The van der Waals surface area contributed by atoms with Gasteiger partial charge in [0, 0.05) is 36.1 Å². The molecule has 2 aromatic rings. The van der Waals surface area contributed by atoms with Crippen molar-refractivity contribution in [1.82, 2.24) is 15.0 Å². The highest BCUT2D eigenvalue weighted by molar-refractivity contribution is 5.63. The number of hydrogen-bond acceptors (Lipinski definition) is 5. The number of aromatic nitrogens is 3. The molecule has 0 spiro atoms. The Morgan fingerprint density at radius 1 is 1.25 bits per heavy atom. The van der Waals surface area contributed by atoms with E-state index in [1.54, 1.807) is 6.20 Å². The van der Waals surface area contributed by atoms with E-state index in [9.17, 15) is 0 Å². The van der Waals surface area contributed by atoms with Crippen LogP contribution in [-0.4, -0.2) is 27.0 Å². The molecule has 5 nitrogen and oxygen atoms in total. The van der Waals surface area contributed by atoms with Crippen molar-refractivity contribution in [3.05, 3.63) is 30.6 Å². The molecule has 1 saturated carbocycles. The fraction of sp³-hybridized carbons (Fsp3) is 0.400. The lowest BCUT2D eigenvalue weighted by molar-refractivity contribution is 0.885. The molecule has 1 aliphatic rings. The second-order valence-corrected chi connectivity index (χ2v) is 5.42. The van der Waals surface area contributed by atoms with Gasteiger partial charge in [-0.15, -0.1) is 0 Å². The van der Waals surface area contributed by atoms with E-state index in [0.717, 1.165) is 17.1 Å². The summed E-state index contributed by atoms with van der Waals surface area (Å²) in [5.41, 5.74) is 1.89. The first-order chi connectivity index (χ1) is 9.70. The van der Waals surface area contributed by atoms with E-state index >= 15 is 0 Å². The summed E-state index contributed by atoms with van der Waals surface area (Å²) in [4.78, 5) is 13.3. The Labute approximate surface area is 118 Å². The topological polar surface area (TPSA) is 62.7 Å². The third-order valence-corrected chi connectivity index (χ3v) is 3.03. The van der Waals surface area contributed by atoms with Gasteiger partial charge >= 0.3 is 0 Å². The average Bonchev–Trinajstić information content (AvgIpc) is 3.22. The fourth-order valence-electron chi connectivity index (χ4n) is 1.95. The molecular formula is C15H19N5. The van der Waals surface area contributed by atoms with Crippen molar-refractivity contribution < 1.29 is 0 Å². The lowest BCUT2D eigenvalue weighted by atomic mass is 10.2. The van der Waals surface area contributed by atoms with Crippen molar-refractivity contribution in [1.29, 1.82) is 0 Å². The molecule has 5 heteroatoms. The third-order valence-electron chi connectivity index (χ3n) is 3.03. The van der Waals surface area contributed by atoms with Crippen LogP contribution in [0.25, 0.3) is 11.3 Å². The first-order valence-corrected chi connectivity index (χ1v) is 7.03. The van der Waals surface area contributed by atoms with Gasteiger partial charge in [-0.1, -0.05) is 0 Å². The number of nitrogens with zero attached hydrogens (tertiary/aromatic N) is 3. The Morgan fingerprint density at radius 3 is 2.75 bits per heavy atom. The highest BCUT2D eigenvalue weighted by atomic mass is 15.2. The molecule has 0 aromatic carbocycles. The van der Waals surface area contributed by atoms with Gasteiger partial charge in [-0.05, 0) is 38.8 Å². The Hall–Kier alpha value is -2.17. The summed E-state index contributed by atoms with van der Waals surface area (Å²) in [7, 11) is 0. The Kier molecular flexibility index (Phi) is 3.50. The van der Waals surface area contributed by atoms with Crippen LogP contribution in [0, 0.1) is 0 Å². The summed E-state index contributed by atoms with van der Waals surface area (Å²) >= 11 is 0. The number of hydrogen-bond donors (Lipinski definition) is 2. The van der Waals surface area contributed by atoms with E-state index in [2.05, 4.69) is 39.4 Å². The SMILES string of the molecule is CC(C)Nc1cc(-c2cccnc2)nc(NC2CC2)n1. The van der Waals surface area contributed by atoms with Gasteiger partial charge < -0.3 is 10.6 Å². The van der Waals surface area contributed by atoms with Gasteiger partial charge in [0.1, 0.15) is 5.82 Å². The largest absolute Gasteiger partial charge is 0.368 e. The van der Waals surface area contributed by atoms with Crippen molar-refractivity contribution >= 4 is 11.8 Å². The maximum absolute atomic E-state index is 4.59. The van der Waals surface area contributed by atoms with Crippen molar-refractivity contribution in [2.75, 3.05) is 10.6 Å². The summed E-state index contributed by atoms with van der Waals surface area (Å²) < 4.78 is 0. The number of anilines is 2. The zero-order valence-electron chi connectivity index (χ0n) is 11.8. The van der Waals surface area contributed by atoms with Crippen molar-refractivity contribution in [3.63, 3.8) is 0 Å². The van der Waals surface area contributed by atoms with E-state index in [1.165, 1.54) is 12.8 Å². The molecule has 20 heavy (non-hydrogen) atoms. The van der Waals surface area contributed by atoms with Gasteiger partial charge in [0.25, 0.3) is 0 Å². The summed E-state index contributed by atoms with van der Waals surface area (Å²) in [5, 5.41) is 6.69. The summed E-state index contributed by atoms with van der Waals surface area (Å²) in [5.74, 6) is 1.54. The van der Waals surface area contributed by atoms with Crippen LogP contribution in [0.2, 0.25) is 0 Å². The number of pyridine rings is 1. The van der Waals surface area contributed by atoms with Crippen LogP contribution < -0.4 is 10.6 Å². The van der Waals surface area contributed by atoms with Gasteiger partial charge in [-0.25, -0.2) is 4.98 Å². The van der Waals surface area contributed by atoms with Gasteiger partial charge in [0.2, 0.25) is 5.95 Å². The zero-order chi connectivity index (χ0) is 13.9. The minimum absolute atomic E-state index is 0.334. The van der Waals surface area contributed by atoms with E-state index in [0.29, 0.717) is 18.0 Å². The highest BCUT2D eigenvalue weighted by Crippen LogP contribution is 2.26. The van der Waals surface area contributed by atoms with Crippen LogP contribution in [-0.2, 0) is 0 Å². The van der Waals surface area contributed by atoms with Crippen LogP contribution >= 0.6 is 0 Å². The quantitative estimate of drug-likeness (QED) is 0.873. The normalized spacial score (nSPS) is 14.3. The molecule has 0 aliphatic heterocycles. The predicted molar refractivity (Wildman–Crippen MR) is 80.7 cm³/mol. The molecule has 0 atom stereocenters.